The van der Waals surface area contributed by atoms with Crippen molar-refractivity contribution in [2.75, 3.05) is 0 Å². The molecule has 9 atom stereocenters. The van der Waals surface area contributed by atoms with Crippen LogP contribution in [-0.4, -0.2) is 17.0 Å². The van der Waals surface area contributed by atoms with E-state index in [0.29, 0.717) is 35.9 Å². The van der Waals surface area contributed by atoms with Crippen molar-refractivity contribution in [2.24, 2.45) is 46.3 Å². The zero-order chi connectivity index (χ0) is 17.3. The van der Waals surface area contributed by atoms with E-state index >= 15 is 0 Å². The third-order valence-corrected chi connectivity index (χ3v) is 9.00. The first-order valence-electron chi connectivity index (χ1n) is 9.93. The van der Waals surface area contributed by atoms with Crippen LogP contribution in [0, 0.1) is 57.7 Å². The Morgan fingerprint density at radius 1 is 1.08 bits per heavy atom. The zero-order valence-electron chi connectivity index (χ0n) is 15.3. The smallest absolute Gasteiger partial charge is 0.137 e. The molecule has 0 aliphatic heterocycles. The van der Waals surface area contributed by atoms with Gasteiger partial charge in [0.05, 0.1) is 18.1 Å². The van der Waals surface area contributed by atoms with Gasteiger partial charge in [0.15, 0.2) is 0 Å². The molecule has 0 aromatic heterocycles. The van der Waals surface area contributed by atoms with Crippen LogP contribution in [0.5, 0.6) is 0 Å². The topological polar surface area (TPSA) is 61.1 Å². The first-order valence-corrected chi connectivity index (χ1v) is 9.93. The largest absolute Gasteiger partial charge is 0.393 e. The van der Waals surface area contributed by atoms with E-state index in [9.17, 15) is 15.2 Å². The average Bonchev–Trinajstić information content (AvgIpc) is 2.86. The van der Waals surface area contributed by atoms with Gasteiger partial charge < -0.3 is 5.11 Å². The SMILES string of the molecule is C[C@H]1[C@H](O)CC[C@@]2(C)[C@H]1CC[C@H]1[C@@H]3CC[C@H](C#N)[C@@]3(C)CC(=O)[C@@H]12. The van der Waals surface area contributed by atoms with E-state index in [1.165, 1.54) is 0 Å². The summed E-state index contributed by atoms with van der Waals surface area (Å²) in [5.74, 6) is 2.46. The minimum atomic E-state index is -0.196. The number of Topliss-reactive ketones (excluding diaryl/α,β-unsaturated/α-hetero) is 1. The Morgan fingerprint density at radius 2 is 1.79 bits per heavy atom. The lowest BCUT2D eigenvalue weighted by molar-refractivity contribution is -0.167. The van der Waals surface area contributed by atoms with Gasteiger partial charge in [0, 0.05) is 12.3 Å². The van der Waals surface area contributed by atoms with Gasteiger partial charge in [0.25, 0.3) is 0 Å². The summed E-state index contributed by atoms with van der Waals surface area (Å²) >= 11 is 0. The van der Waals surface area contributed by atoms with Gasteiger partial charge in [-0.1, -0.05) is 20.8 Å². The first-order chi connectivity index (χ1) is 11.3. The van der Waals surface area contributed by atoms with Crippen molar-refractivity contribution < 1.29 is 9.90 Å². The minimum Gasteiger partial charge on any atom is -0.393 e. The number of rotatable bonds is 0. The van der Waals surface area contributed by atoms with E-state index in [2.05, 4.69) is 26.8 Å². The number of ketones is 1. The molecule has 4 rings (SSSR count). The molecule has 4 saturated carbocycles. The molecule has 4 aliphatic rings. The Labute approximate surface area is 145 Å². The summed E-state index contributed by atoms with van der Waals surface area (Å²) in [5.41, 5.74) is -0.0271. The molecule has 0 aromatic rings. The van der Waals surface area contributed by atoms with Crippen molar-refractivity contribution in [3.63, 3.8) is 0 Å². The predicted octanol–water partition coefficient (Wildman–Crippen LogP) is 3.95. The third-order valence-electron chi connectivity index (χ3n) is 9.00. The number of aliphatic hydroxyl groups excluding tert-OH is 1. The fraction of sp³-hybridized carbons (Fsp3) is 0.905. The molecule has 0 saturated heterocycles. The molecule has 0 spiro atoms. The minimum absolute atomic E-state index is 0.0602. The Hall–Kier alpha value is -0.880. The van der Waals surface area contributed by atoms with Gasteiger partial charge in [-0.15, -0.1) is 0 Å². The summed E-state index contributed by atoms with van der Waals surface area (Å²) in [6.45, 7) is 6.74. The lowest BCUT2D eigenvalue weighted by atomic mass is 9.43. The molecule has 0 unspecified atom stereocenters. The number of nitriles is 1. The lowest BCUT2D eigenvalue weighted by Gasteiger charge is -2.61. The second-order valence-electron chi connectivity index (χ2n) is 9.81. The molecular weight excluding hydrogens is 298 g/mol. The Morgan fingerprint density at radius 3 is 2.50 bits per heavy atom. The van der Waals surface area contributed by atoms with Crippen LogP contribution < -0.4 is 0 Å². The molecule has 0 bridgehead atoms. The van der Waals surface area contributed by atoms with E-state index in [0.717, 1.165) is 38.5 Å². The Kier molecular flexibility index (Phi) is 3.67. The number of carbonyl (C=O) groups is 1. The maximum atomic E-state index is 13.3. The van der Waals surface area contributed by atoms with Crippen LogP contribution >= 0.6 is 0 Å². The molecule has 0 radical (unpaired) electrons. The second-order valence-corrected chi connectivity index (χ2v) is 9.81. The van der Waals surface area contributed by atoms with Crippen LogP contribution in [0.1, 0.15) is 65.7 Å². The molecular formula is C21H31NO2. The van der Waals surface area contributed by atoms with Crippen molar-refractivity contribution >= 4 is 5.78 Å². The van der Waals surface area contributed by atoms with Gasteiger partial charge in [0.1, 0.15) is 5.78 Å². The number of hydrogen-bond acceptors (Lipinski definition) is 3. The van der Waals surface area contributed by atoms with E-state index in [4.69, 9.17) is 0 Å². The fourth-order valence-corrected chi connectivity index (χ4v) is 7.74. The van der Waals surface area contributed by atoms with Gasteiger partial charge in [-0.2, -0.15) is 5.26 Å². The Bertz CT molecular complexity index is 595. The molecule has 0 amide bonds. The standard InChI is InChI=1S/C21H31NO2/c1-12-15-7-5-14-16-6-4-13(11-22)21(16,3)10-18(24)19(14)20(15,2)9-8-17(12)23/h12-17,19,23H,4-10H2,1-3H3/t12-,13-,14+,15+,16+,17-,19-,20+,21-/m1/s1. The summed E-state index contributed by atoms with van der Waals surface area (Å²) in [5, 5.41) is 19.9. The van der Waals surface area contributed by atoms with E-state index in [-0.39, 0.29) is 28.8 Å². The van der Waals surface area contributed by atoms with Crippen molar-refractivity contribution in [3.8, 4) is 6.07 Å². The van der Waals surface area contributed by atoms with Gasteiger partial charge in [-0.05, 0) is 73.0 Å². The van der Waals surface area contributed by atoms with Gasteiger partial charge in [0.2, 0.25) is 0 Å². The molecule has 132 valence electrons. The normalized spacial score (nSPS) is 56.8. The summed E-state index contributed by atoms with van der Waals surface area (Å²) in [6.07, 6.45) is 6.60. The van der Waals surface area contributed by atoms with Crippen molar-refractivity contribution in [3.05, 3.63) is 0 Å². The fourth-order valence-electron chi connectivity index (χ4n) is 7.74. The van der Waals surface area contributed by atoms with E-state index in [1.54, 1.807) is 0 Å². The first kappa shape index (κ1) is 16.6. The maximum Gasteiger partial charge on any atom is 0.137 e. The number of fused-ring (bicyclic) bond motifs is 5. The van der Waals surface area contributed by atoms with E-state index in [1.807, 2.05) is 0 Å². The highest BCUT2D eigenvalue weighted by Gasteiger charge is 2.64. The number of aliphatic hydroxyl groups is 1. The summed E-state index contributed by atoms with van der Waals surface area (Å²) in [4.78, 5) is 13.3. The summed E-state index contributed by atoms with van der Waals surface area (Å²) in [7, 11) is 0. The van der Waals surface area contributed by atoms with Crippen LogP contribution in [0.4, 0.5) is 0 Å². The van der Waals surface area contributed by atoms with Crippen molar-refractivity contribution in [1.29, 1.82) is 5.26 Å². The third kappa shape index (κ3) is 1.96. The van der Waals surface area contributed by atoms with Crippen molar-refractivity contribution in [1.82, 2.24) is 0 Å². The quantitative estimate of drug-likeness (QED) is 0.732. The predicted molar refractivity (Wildman–Crippen MR) is 91.8 cm³/mol. The number of nitrogens with zero attached hydrogens (tertiary/aromatic N) is 1. The molecule has 4 fully saturated rings. The maximum absolute atomic E-state index is 13.3. The molecule has 3 nitrogen and oxygen atoms in total. The number of hydrogen-bond donors (Lipinski definition) is 1. The van der Waals surface area contributed by atoms with Gasteiger partial charge in [-0.3, -0.25) is 4.79 Å². The van der Waals surface area contributed by atoms with E-state index < -0.39 is 0 Å². The Balaban J connectivity index is 1.71. The highest BCUT2D eigenvalue weighted by molar-refractivity contribution is 5.84. The molecule has 24 heavy (non-hydrogen) atoms. The van der Waals surface area contributed by atoms with Crippen LogP contribution in [0.25, 0.3) is 0 Å². The van der Waals surface area contributed by atoms with Gasteiger partial charge in [-0.25, -0.2) is 0 Å². The highest BCUT2D eigenvalue weighted by atomic mass is 16.3. The molecule has 1 N–H and O–H groups in total. The zero-order valence-corrected chi connectivity index (χ0v) is 15.3. The highest BCUT2D eigenvalue weighted by Crippen LogP contribution is 2.66. The molecule has 3 heteroatoms. The van der Waals surface area contributed by atoms with Crippen LogP contribution in [0.15, 0.2) is 0 Å². The summed E-state index contributed by atoms with van der Waals surface area (Å²) < 4.78 is 0. The van der Waals surface area contributed by atoms with Crippen molar-refractivity contribution in [2.45, 2.75) is 71.8 Å². The van der Waals surface area contributed by atoms with Gasteiger partial charge >= 0.3 is 0 Å². The molecule has 0 heterocycles. The summed E-state index contributed by atoms with van der Waals surface area (Å²) in [6, 6.07) is 2.51. The molecule has 0 aromatic carbocycles. The molecule has 4 aliphatic carbocycles. The van der Waals surface area contributed by atoms with Crippen LogP contribution in [0.3, 0.4) is 0 Å². The second kappa shape index (κ2) is 5.31. The average molecular weight is 329 g/mol. The number of carbonyl (C=O) groups excluding carboxylic acids is 1. The lowest BCUT2D eigenvalue weighted by Crippen LogP contribution is -2.59. The van der Waals surface area contributed by atoms with Crippen LogP contribution in [-0.2, 0) is 4.79 Å². The van der Waals surface area contributed by atoms with Crippen LogP contribution in [0.2, 0.25) is 0 Å². The monoisotopic (exact) mass is 329 g/mol.